The zero-order valence-corrected chi connectivity index (χ0v) is 12.0. The molecule has 6 nitrogen and oxygen atoms in total. The lowest BCUT2D eigenvalue weighted by molar-refractivity contribution is -0.131. The summed E-state index contributed by atoms with van der Waals surface area (Å²) in [6.07, 6.45) is 3.43. The Kier molecular flexibility index (Phi) is 3.23. The van der Waals surface area contributed by atoms with E-state index in [2.05, 4.69) is 5.32 Å². The molecule has 0 aromatic heterocycles. The third-order valence-electron chi connectivity index (χ3n) is 4.34. The smallest absolute Gasteiger partial charge is 0.325 e. The first-order chi connectivity index (χ1) is 10.1. The van der Waals surface area contributed by atoms with Crippen LogP contribution in [0.25, 0.3) is 0 Å². The molecule has 1 aliphatic carbocycles. The monoisotopic (exact) mass is 289 g/mol. The summed E-state index contributed by atoms with van der Waals surface area (Å²) >= 11 is 0. The number of amides is 3. The predicted octanol–water partition coefficient (Wildman–Crippen LogP) is 1.64. The minimum atomic E-state index is -0.658. The molecule has 0 unspecified atom stereocenters. The number of hydrogen-bond acceptors (Lipinski definition) is 4. The molecule has 21 heavy (non-hydrogen) atoms. The van der Waals surface area contributed by atoms with E-state index in [0.29, 0.717) is 11.4 Å². The van der Waals surface area contributed by atoms with E-state index in [4.69, 9.17) is 10.5 Å². The Hall–Kier alpha value is -2.24. The van der Waals surface area contributed by atoms with Gasteiger partial charge in [-0.3, -0.25) is 9.69 Å². The molecule has 1 heterocycles. The normalized spacial score (nSPS) is 20.1. The molecule has 1 spiro atoms. The number of methoxy groups -OCH3 is 1. The van der Waals surface area contributed by atoms with E-state index in [-0.39, 0.29) is 18.5 Å². The standard InChI is InChI=1S/C15H19N3O3/c1-21-12-5-4-10(8-11(12)16)9-18-13(19)15(17-14(18)20)6-2-3-7-15/h4-5,8H,2-3,6-7,9,16H2,1H3,(H,17,20). The third kappa shape index (κ3) is 2.20. The van der Waals surface area contributed by atoms with Crippen LogP contribution in [0.15, 0.2) is 18.2 Å². The second-order valence-corrected chi connectivity index (χ2v) is 5.69. The number of nitrogens with zero attached hydrogens (tertiary/aromatic N) is 1. The topological polar surface area (TPSA) is 84.7 Å². The highest BCUT2D eigenvalue weighted by atomic mass is 16.5. The summed E-state index contributed by atoms with van der Waals surface area (Å²) in [5.74, 6) is 0.475. The molecule has 0 bridgehead atoms. The summed E-state index contributed by atoms with van der Waals surface area (Å²) in [4.78, 5) is 25.9. The number of hydrogen-bond donors (Lipinski definition) is 2. The van der Waals surface area contributed by atoms with Crippen molar-refractivity contribution in [3.05, 3.63) is 23.8 Å². The van der Waals surface area contributed by atoms with Gasteiger partial charge in [0.2, 0.25) is 0 Å². The van der Waals surface area contributed by atoms with Gasteiger partial charge in [0.05, 0.1) is 19.3 Å². The Balaban J connectivity index is 1.80. The van der Waals surface area contributed by atoms with Crippen LogP contribution in [0.2, 0.25) is 0 Å². The lowest BCUT2D eigenvalue weighted by atomic mass is 9.98. The van der Waals surface area contributed by atoms with Gasteiger partial charge in [-0.15, -0.1) is 0 Å². The molecule has 1 aromatic rings. The Labute approximate surface area is 123 Å². The maximum Gasteiger partial charge on any atom is 0.325 e. The van der Waals surface area contributed by atoms with E-state index < -0.39 is 5.54 Å². The van der Waals surface area contributed by atoms with Gasteiger partial charge in [-0.2, -0.15) is 0 Å². The average Bonchev–Trinajstić information content (AvgIpc) is 3.01. The second-order valence-electron chi connectivity index (χ2n) is 5.69. The molecule has 1 saturated carbocycles. The summed E-state index contributed by atoms with van der Waals surface area (Å²) in [5, 5.41) is 2.87. The number of urea groups is 1. The minimum absolute atomic E-state index is 0.112. The van der Waals surface area contributed by atoms with Crippen molar-refractivity contribution in [1.82, 2.24) is 10.2 Å². The third-order valence-corrected chi connectivity index (χ3v) is 4.34. The highest BCUT2D eigenvalue weighted by Crippen LogP contribution is 2.35. The van der Waals surface area contributed by atoms with E-state index >= 15 is 0 Å². The van der Waals surface area contributed by atoms with Gasteiger partial charge in [-0.25, -0.2) is 4.79 Å². The van der Waals surface area contributed by atoms with Crippen molar-refractivity contribution in [2.75, 3.05) is 12.8 Å². The summed E-state index contributed by atoms with van der Waals surface area (Å²) in [6.45, 7) is 0.237. The SMILES string of the molecule is COc1ccc(CN2C(=O)NC3(CCCC3)C2=O)cc1N. The zero-order chi connectivity index (χ0) is 15.0. The molecule has 3 amide bonds. The van der Waals surface area contributed by atoms with Crippen molar-refractivity contribution in [1.29, 1.82) is 0 Å². The van der Waals surface area contributed by atoms with Gasteiger partial charge in [-0.05, 0) is 30.5 Å². The number of nitrogen functional groups attached to an aromatic ring is 1. The number of nitrogens with two attached hydrogens (primary N) is 1. The van der Waals surface area contributed by atoms with E-state index in [1.54, 1.807) is 19.2 Å². The van der Waals surface area contributed by atoms with E-state index in [9.17, 15) is 9.59 Å². The number of benzene rings is 1. The average molecular weight is 289 g/mol. The van der Waals surface area contributed by atoms with E-state index in [1.165, 1.54) is 4.90 Å². The molecule has 1 aromatic carbocycles. The Morgan fingerprint density at radius 3 is 2.67 bits per heavy atom. The van der Waals surface area contributed by atoms with Crippen LogP contribution < -0.4 is 15.8 Å². The molecule has 0 atom stereocenters. The Morgan fingerprint density at radius 2 is 2.05 bits per heavy atom. The van der Waals surface area contributed by atoms with Gasteiger partial charge in [-0.1, -0.05) is 18.9 Å². The lowest BCUT2D eigenvalue weighted by Gasteiger charge is -2.20. The molecule has 0 radical (unpaired) electrons. The number of rotatable bonds is 3. The van der Waals surface area contributed by atoms with Crippen molar-refractivity contribution in [3.8, 4) is 5.75 Å². The number of ether oxygens (including phenoxy) is 1. The number of carbonyl (C=O) groups excluding carboxylic acids is 2. The first-order valence-corrected chi connectivity index (χ1v) is 7.12. The molecule has 3 N–H and O–H groups in total. The molecule has 1 saturated heterocycles. The lowest BCUT2D eigenvalue weighted by Crippen LogP contribution is -2.44. The fourth-order valence-electron chi connectivity index (χ4n) is 3.20. The highest BCUT2D eigenvalue weighted by molar-refractivity contribution is 6.07. The van der Waals surface area contributed by atoms with Crippen LogP contribution in [0, 0.1) is 0 Å². The molecule has 112 valence electrons. The molecule has 2 aliphatic rings. The zero-order valence-electron chi connectivity index (χ0n) is 12.0. The maximum atomic E-state index is 12.5. The van der Waals surface area contributed by atoms with Crippen LogP contribution in [0.5, 0.6) is 5.75 Å². The highest BCUT2D eigenvalue weighted by Gasteiger charge is 2.52. The van der Waals surface area contributed by atoms with E-state index in [1.807, 2.05) is 6.07 Å². The van der Waals surface area contributed by atoms with Crippen molar-refractivity contribution in [2.24, 2.45) is 0 Å². The predicted molar refractivity (Wildman–Crippen MR) is 77.7 cm³/mol. The number of carbonyl (C=O) groups is 2. The van der Waals surface area contributed by atoms with Crippen molar-refractivity contribution >= 4 is 17.6 Å². The Bertz CT molecular complexity index is 594. The molecule has 1 aliphatic heterocycles. The first-order valence-electron chi connectivity index (χ1n) is 7.12. The van der Waals surface area contributed by atoms with Crippen LogP contribution in [-0.4, -0.2) is 29.5 Å². The fourth-order valence-corrected chi connectivity index (χ4v) is 3.20. The Morgan fingerprint density at radius 1 is 1.33 bits per heavy atom. The van der Waals surface area contributed by atoms with Gasteiger partial charge in [0.15, 0.2) is 0 Å². The van der Waals surface area contributed by atoms with Crippen molar-refractivity contribution < 1.29 is 14.3 Å². The first kappa shape index (κ1) is 13.7. The van der Waals surface area contributed by atoms with Gasteiger partial charge in [0, 0.05) is 0 Å². The molecule has 3 rings (SSSR count). The van der Waals surface area contributed by atoms with Crippen LogP contribution in [-0.2, 0) is 11.3 Å². The molecule has 2 fully saturated rings. The fraction of sp³-hybridized carbons (Fsp3) is 0.467. The van der Waals surface area contributed by atoms with Crippen molar-refractivity contribution in [3.63, 3.8) is 0 Å². The van der Waals surface area contributed by atoms with Crippen LogP contribution >= 0.6 is 0 Å². The maximum absolute atomic E-state index is 12.5. The van der Waals surface area contributed by atoms with Crippen LogP contribution in [0.1, 0.15) is 31.2 Å². The van der Waals surface area contributed by atoms with Gasteiger partial charge >= 0.3 is 6.03 Å². The molecular weight excluding hydrogens is 270 g/mol. The quantitative estimate of drug-likeness (QED) is 0.654. The van der Waals surface area contributed by atoms with Gasteiger partial charge in [0.25, 0.3) is 5.91 Å². The summed E-state index contributed by atoms with van der Waals surface area (Å²) in [5.41, 5.74) is 6.51. The molecular formula is C15H19N3O3. The second kappa shape index (κ2) is 4.95. The van der Waals surface area contributed by atoms with E-state index in [0.717, 1.165) is 31.2 Å². The molecule has 6 heteroatoms. The van der Waals surface area contributed by atoms with Crippen molar-refractivity contribution in [2.45, 2.75) is 37.8 Å². The van der Waals surface area contributed by atoms with Gasteiger partial charge in [0.1, 0.15) is 11.3 Å². The number of imide groups is 1. The van der Waals surface area contributed by atoms with Crippen LogP contribution in [0.4, 0.5) is 10.5 Å². The van der Waals surface area contributed by atoms with Gasteiger partial charge < -0.3 is 15.8 Å². The van der Waals surface area contributed by atoms with Crippen LogP contribution in [0.3, 0.4) is 0 Å². The number of nitrogens with one attached hydrogen (secondary N) is 1. The number of anilines is 1. The largest absolute Gasteiger partial charge is 0.495 e. The summed E-state index contributed by atoms with van der Waals surface area (Å²) in [6, 6.07) is 4.99. The summed E-state index contributed by atoms with van der Waals surface area (Å²) < 4.78 is 5.10. The summed E-state index contributed by atoms with van der Waals surface area (Å²) in [7, 11) is 1.55. The minimum Gasteiger partial charge on any atom is -0.495 e.